The van der Waals surface area contributed by atoms with E-state index >= 15 is 0 Å². The molecule has 1 aliphatic heterocycles. The smallest absolute Gasteiger partial charge is 0.0509 e. The molecule has 0 aromatic heterocycles. The fourth-order valence-electron chi connectivity index (χ4n) is 1.35. The molecule has 0 amide bonds. The van der Waals surface area contributed by atoms with Crippen LogP contribution in [-0.4, -0.2) is 25.8 Å². The van der Waals surface area contributed by atoms with E-state index in [4.69, 9.17) is 4.74 Å². The molecule has 1 heterocycles. The Morgan fingerprint density at radius 3 is 2.70 bits per heavy atom. The van der Waals surface area contributed by atoms with Gasteiger partial charge in [-0.25, -0.2) is 0 Å². The van der Waals surface area contributed by atoms with E-state index in [1.807, 2.05) is 7.05 Å². The first kappa shape index (κ1) is 8.02. The second-order valence-electron chi connectivity index (χ2n) is 3.39. The first-order valence-corrected chi connectivity index (χ1v) is 3.96. The standard InChI is InChI=1S/C8H17NO/c1-7-6-10-5-4-8(7,2)9-3/h7,9H,4-6H2,1-3H3. The van der Waals surface area contributed by atoms with E-state index in [1.54, 1.807) is 0 Å². The number of hydrogen-bond acceptors (Lipinski definition) is 2. The quantitative estimate of drug-likeness (QED) is 0.591. The molecule has 1 saturated heterocycles. The zero-order valence-corrected chi connectivity index (χ0v) is 7.11. The van der Waals surface area contributed by atoms with E-state index < -0.39 is 0 Å². The average molecular weight is 143 g/mol. The molecule has 2 atom stereocenters. The van der Waals surface area contributed by atoms with E-state index in [1.165, 1.54) is 0 Å². The van der Waals surface area contributed by atoms with Crippen LogP contribution in [0.15, 0.2) is 0 Å². The maximum absolute atomic E-state index is 5.34. The first-order chi connectivity index (χ1) is 4.69. The fourth-order valence-corrected chi connectivity index (χ4v) is 1.35. The lowest BCUT2D eigenvalue weighted by Crippen LogP contribution is -2.51. The van der Waals surface area contributed by atoms with Gasteiger partial charge in [0.15, 0.2) is 0 Å². The molecule has 0 bridgehead atoms. The van der Waals surface area contributed by atoms with Crippen molar-refractivity contribution in [2.75, 3.05) is 20.3 Å². The van der Waals surface area contributed by atoms with Crippen LogP contribution in [0.25, 0.3) is 0 Å². The maximum atomic E-state index is 5.34. The molecule has 2 nitrogen and oxygen atoms in total. The Labute approximate surface area is 63.0 Å². The molecular formula is C8H17NO. The van der Waals surface area contributed by atoms with Crippen LogP contribution in [0.1, 0.15) is 20.3 Å². The molecule has 0 saturated carbocycles. The van der Waals surface area contributed by atoms with Gasteiger partial charge in [0.1, 0.15) is 0 Å². The fraction of sp³-hybridized carbons (Fsp3) is 1.00. The van der Waals surface area contributed by atoms with Crippen molar-refractivity contribution in [1.29, 1.82) is 0 Å². The van der Waals surface area contributed by atoms with Crippen LogP contribution in [-0.2, 0) is 4.74 Å². The molecule has 1 aliphatic rings. The molecule has 0 aromatic rings. The molecule has 0 aliphatic carbocycles. The van der Waals surface area contributed by atoms with Crippen molar-refractivity contribution in [3.8, 4) is 0 Å². The Morgan fingerprint density at radius 2 is 2.30 bits per heavy atom. The normalized spacial score (nSPS) is 41.7. The van der Waals surface area contributed by atoms with Gasteiger partial charge in [-0.2, -0.15) is 0 Å². The van der Waals surface area contributed by atoms with Gasteiger partial charge in [0.05, 0.1) is 6.61 Å². The predicted octanol–water partition coefficient (Wildman–Crippen LogP) is 1.02. The number of hydrogen-bond donors (Lipinski definition) is 1. The highest BCUT2D eigenvalue weighted by Gasteiger charge is 2.32. The summed E-state index contributed by atoms with van der Waals surface area (Å²) in [4.78, 5) is 0. The number of ether oxygens (including phenoxy) is 1. The van der Waals surface area contributed by atoms with Gasteiger partial charge in [-0.05, 0) is 26.3 Å². The lowest BCUT2D eigenvalue weighted by Gasteiger charge is -2.39. The highest BCUT2D eigenvalue weighted by Crippen LogP contribution is 2.24. The minimum absolute atomic E-state index is 0.304. The van der Waals surface area contributed by atoms with Crippen LogP contribution in [0.2, 0.25) is 0 Å². The lowest BCUT2D eigenvalue weighted by atomic mass is 9.83. The SMILES string of the molecule is CNC1(C)CCOCC1C. The predicted molar refractivity (Wildman–Crippen MR) is 42.1 cm³/mol. The highest BCUT2D eigenvalue weighted by molar-refractivity contribution is 4.89. The number of nitrogens with one attached hydrogen (secondary N) is 1. The first-order valence-electron chi connectivity index (χ1n) is 3.96. The van der Waals surface area contributed by atoms with Crippen LogP contribution in [0.4, 0.5) is 0 Å². The highest BCUT2D eigenvalue weighted by atomic mass is 16.5. The molecule has 60 valence electrons. The molecule has 0 radical (unpaired) electrons. The molecular weight excluding hydrogens is 126 g/mol. The van der Waals surface area contributed by atoms with Gasteiger partial charge in [-0.15, -0.1) is 0 Å². The summed E-state index contributed by atoms with van der Waals surface area (Å²) in [6.07, 6.45) is 1.13. The summed E-state index contributed by atoms with van der Waals surface area (Å²) in [6.45, 7) is 6.30. The lowest BCUT2D eigenvalue weighted by molar-refractivity contribution is 0.00406. The summed E-state index contributed by atoms with van der Waals surface area (Å²) in [5, 5.41) is 3.35. The van der Waals surface area contributed by atoms with Crippen LogP contribution in [0, 0.1) is 5.92 Å². The summed E-state index contributed by atoms with van der Waals surface area (Å²) < 4.78 is 5.34. The topological polar surface area (TPSA) is 21.3 Å². The van der Waals surface area contributed by atoms with Crippen molar-refractivity contribution in [3.63, 3.8) is 0 Å². The molecule has 1 N–H and O–H groups in total. The van der Waals surface area contributed by atoms with Crippen LogP contribution >= 0.6 is 0 Å². The maximum Gasteiger partial charge on any atom is 0.0509 e. The van der Waals surface area contributed by atoms with Gasteiger partial charge < -0.3 is 10.1 Å². The van der Waals surface area contributed by atoms with Crippen LogP contribution in [0.3, 0.4) is 0 Å². The minimum atomic E-state index is 0.304. The summed E-state index contributed by atoms with van der Waals surface area (Å²) in [5.74, 6) is 0.631. The van der Waals surface area contributed by atoms with Gasteiger partial charge in [-0.3, -0.25) is 0 Å². The van der Waals surface area contributed by atoms with Crippen molar-refractivity contribution >= 4 is 0 Å². The van der Waals surface area contributed by atoms with E-state index in [-0.39, 0.29) is 0 Å². The third kappa shape index (κ3) is 1.32. The minimum Gasteiger partial charge on any atom is -0.381 e. The second kappa shape index (κ2) is 2.89. The van der Waals surface area contributed by atoms with Gasteiger partial charge in [-0.1, -0.05) is 6.92 Å². The molecule has 0 aromatic carbocycles. The van der Waals surface area contributed by atoms with E-state index in [0.717, 1.165) is 19.6 Å². The molecule has 2 heteroatoms. The van der Waals surface area contributed by atoms with Gasteiger partial charge in [0.25, 0.3) is 0 Å². The van der Waals surface area contributed by atoms with Gasteiger partial charge >= 0.3 is 0 Å². The second-order valence-corrected chi connectivity index (χ2v) is 3.39. The zero-order valence-electron chi connectivity index (χ0n) is 7.11. The average Bonchev–Trinajstić information content (AvgIpc) is 1.96. The third-order valence-corrected chi connectivity index (χ3v) is 2.79. The Hall–Kier alpha value is -0.0800. The van der Waals surface area contributed by atoms with Crippen molar-refractivity contribution in [2.45, 2.75) is 25.8 Å². The van der Waals surface area contributed by atoms with Crippen LogP contribution < -0.4 is 5.32 Å². The van der Waals surface area contributed by atoms with Crippen molar-refractivity contribution in [3.05, 3.63) is 0 Å². The van der Waals surface area contributed by atoms with Gasteiger partial charge in [0.2, 0.25) is 0 Å². The Balaban J connectivity index is 2.54. The van der Waals surface area contributed by atoms with Crippen molar-refractivity contribution in [1.82, 2.24) is 5.32 Å². The summed E-state index contributed by atoms with van der Waals surface area (Å²) >= 11 is 0. The monoisotopic (exact) mass is 143 g/mol. The summed E-state index contributed by atoms with van der Waals surface area (Å²) in [6, 6.07) is 0. The molecule has 1 fully saturated rings. The largest absolute Gasteiger partial charge is 0.381 e. The van der Waals surface area contributed by atoms with E-state index in [2.05, 4.69) is 19.2 Å². The van der Waals surface area contributed by atoms with Crippen molar-refractivity contribution < 1.29 is 4.74 Å². The third-order valence-electron chi connectivity index (χ3n) is 2.79. The van der Waals surface area contributed by atoms with Gasteiger partial charge in [0, 0.05) is 12.1 Å². The molecule has 1 rings (SSSR count). The molecule has 10 heavy (non-hydrogen) atoms. The van der Waals surface area contributed by atoms with Crippen molar-refractivity contribution in [2.24, 2.45) is 5.92 Å². The van der Waals surface area contributed by atoms with E-state index in [9.17, 15) is 0 Å². The van der Waals surface area contributed by atoms with Crippen LogP contribution in [0.5, 0.6) is 0 Å². The molecule has 2 unspecified atom stereocenters. The molecule has 0 spiro atoms. The Bertz CT molecular complexity index is 116. The summed E-state index contributed by atoms with van der Waals surface area (Å²) in [5.41, 5.74) is 0.304. The Kier molecular flexibility index (Phi) is 2.32. The zero-order chi connectivity index (χ0) is 7.61. The number of rotatable bonds is 1. The Morgan fingerprint density at radius 1 is 1.60 bits per heavy atom. The van der Waals surface area contributed by atoms with E-state index in [0.29, 0.717) is 11.5 Å². The summed E-state index contributed by atoms with van der Waals surface area (Å²) in [7, 11) is 2.03.